The molecule has 0 radical (unpaired) electrons. The van der Waals surface area contributed by atoms with E-state index in [-0.39, 0.29) is 6.61 Å². The van der Waals surface area contributed by atoms with Crippen molar-refractivity contribution in [1.29, 1.82) is 0 Å². The molecule has 1 aliphatic heterocycles. The van der Waals surface area contributed by atoms with E-state index in [4.69, 9.17) is 0 Å². The maximum Gasteiger partial charge on any atom is 0.417 e. The molecule has 0 aromatic heterocycles. The number of rotatable bonds is 2. The van der Waals surface area contributed by atoms with Crippen LogP contribution in [0.3, 0.4) is 0 Å². The number of ether oxygens (including phenoxy) is 1. The molecule has 1 atom stereocenters. The van der Waals surface area contributed by atoms with E-state index in [0.29, 0.717) is 12.3 Å². The van der Waals surface area contributed by atoms with Crippen molar-refractivity contribution < 1.29 is 27.5 Å². The molecule has 16 heavy (non-hydrogen) atoms. The third kappa shape index (κ3) is 2.68. The van der Waals surface area contributed by atoms with Crippen LogP contribution >= 0.6 is 0 Å². The van der Waals surface area contributed by atoms with E-state index in [2.05, 4.69) is 9.73 Å². The number of hydrogen-bond donors (Lipinski definition) is 0. The second kappa shape index (κ2) is 4.46. The number of aliphatic imine (C=N–C) groups is 1. The van der Waals surface area contributed by atoms with Gasteiger partial charge in [0.15, 0.2) is 5.92 Å². The monoisotopic (exact) mass is 235 g/mol. The molecule has 1 aliphatic rings. The molecule has 0 aliphatic carbocycles. The first kappa shape index (κ1) is 12.4. The normalized spacial score (nSPS) is 20.6. The number of dihydropyridines is 1. The molecule has 0 aromatic carbocycles. The Kier molecular flexibility index (Phi) is 3.46. The smallest absolute Gasteiger partial charge is 0.417 e. The van der Waals surface area contributed by atoms with E-state index in [0.717, 1.165) is 0 Å². The molecule has 1 unspecified atom stereocenters. The molecule has 0 saturated heterocycles. The van der Waals surface area contributed by atoms with Crippen LogP contribution in [-0.4, -0.2) is 30.9 Å². The highest BCUT2D eigenvalue weighted by Gasteiger charge is 2.38. The summed E-state index contributed by atoms with van der Waals surface area (Å²) < 4.78 is 41.3. The lowest BCUT2D eigenvalue weighted by Crippen LogP contribution is -2.29. The lowest BCUT2D eigenvalue weighted by molar-refractivity contribution is -0.149. The zero-order chi connectivity index (χ0) is 12.3. The van der Waals surface area contributed by atoms with Crippen LogP contribution in [0.1, 0.15) is 6.92 Å². The number of alkyl halides is 3. The SMILES string of the molecule is CCOC(=O)C1C=C(C(F)(F)F)C=NC1=O. The van der Waals surface area contributed by atoms with Gasteiger partial charge in [-0.1, -0.05) is 0 Å². The topological polar surface area (TPSA) is 55.7 Å². The van der Waals surface area contributed by atoms with Crippen molar-refractivity contribution >= 4 is 18.1 Å². The Balaban J connectivity index is 2.94. The number of nitrogens with zero attached hydrogens (tertiary/aromatic N) is 1. The van der Waals surface area contributed by atoms with Crippen LogP contribution in [0.2, 0.25) is 0 Å². The van der Waals surface area contributed by atoms with E-state index in [1.807, 2.05) is 0 Å². The van der Waals surface area contributed by atoms with E-state index >= 15 is 0 Å². The van der Waals surface area contributed by atoms with Crippen LogP contribution in [-0.2, 0) is 14.3 Å². The van der Waals surface area contributed by atoms with E-state index < -0.39 is 29.5 Å². The maximum absolute atomic E-state index is 12.3. The van der Waals surface area contributed by atoms with Gasteiger partial charge in [0.1, 0.15) is 0 Å². The Morgan fingerprint density at radius 1 is 1.56 bits per heavy atom. The number of carbonyl (C=O) groups is 2. The lowest BCUT2D eigenvalue weighted by atomic mass is 10.0. The van der Waals surface area contributed by atoms with Crippen LogP contribution in [0.4, 0.5) is 13.2 Å². The van der Waals surface area contributed by atoms with E-state index in [9.17, 15) is 22.8 Å². The standard InChI is InChI=1S/C9H8F3NO3/c1-2-16-8(15)6-3-5(9(10,11)12)4-13-7(6)14/h3-4,6H,2H2,1H3. The van der Waals surface area contributed by atoms with Gasteiger partial charge in [0.05, 0.1) is 12.2 Å². The largest absolute Gasteiger partial charge is 0.465 e. The van der Waals surface area contributed by atoms with Gasteiger partial charge in [0.2, 0.25) is 0 Å². The van der Waals surface area contributed by atoms with Crippen LogP contribution in [0, 0.1) is 5.92 Å². The predicted octanol–water partition coefficient (Wildman–Crippen LogP) is 1.27. The number of hydrogen-bond acceptors (Lipinski definition) is 3. The Morgan fingerprint density at radius 2 is 2.19 bits per heavy atom. The summed E-state index contributed by atoms with van der Waals surface area (Å²) in [6.45, 7) is 1.48. The second-order valence-corrected chi connectivity index (χ2v) is 2.95. The Labute approximate surface area is 88.8 Å². The molecular formula is C9H8F3NO3. The summed E-state index contributed by atoms with van der Waals surface area (Å²) in [5.74, 6) is -3.57. The van der Waals surface area contributed by atoms with Gasteiger partial charge in [0.25, 0.3) is 5.91 Å². The zero-order valence-electron chi connectivity index (χ0n) is 8.25. The van der Waals surface area contributed by atoms with Gasteiger partial charge in [0, 0.05) is 6.21 Å². The van der Waals surface area contributed by atoms with Crippen molar-refractivity contribution in [3.05, 3.63) is 11.6 Å². The number of halogens is 3. The minimum Gasteiger partial charge on any atom is -0.465 e. The first-order valence-electron chi connectivity index (χ1n) is 4.39. The molecule has 0 aromatic rings. The molecule has 1 heterocycles. The Bertz CT molecular complexity index is 371. The van der Waals surface area contributed by atoms with Crippen molar-refractivity contribution in [3.8, 4) is 0 Å². The van der Waals surface area contributed by atoms with Crippen LogP contribution in [0.5, 0.6) is 0 Å². The zero-order valence-corrected chi connectivity index (χ0v) is 8.25. The summed E-state index contributed by atoms with van der Waals surface area (Å²) in [6.07, 6.45) is -3.71. The molecule has 7 heteroatoms. The van der Waals surface area contributed by atoms with Gasteiger partial charge in [-0.15, -0.1) is 0 Å². The summed E-state index contributed by atoms with van der Waals surface area (Å²) >= 11 is 0. The third-order valence-electron chi connectivity index (χ3n) is 1.81. The van der Waals surface area contributed by atoms with Crippen LogP contribution < -0.4 is 0 Å². The predicted molar refractivity (Wildman–Crippen MR) is 47.8 cm³/mol. The summed E-state index contributed by atoms with van der Waals surface area (Å²) in [6, 6.07) is 0. The van der Waals surface area contributed by atoms with Gasteiger partial charge >= 0.3 is 12.1 Å². The van der Waals surface area contributed by atoms with Gasteiger partial charge in [-0.25, -0.2) is 4.99 Å². The summed E-state index contributed by atoms with van der Waals surface area (Å²) in [5, 5.41) is 0. The molecule has 88 valence electrons. The average Bonchev–Trinajstić information content (AvgIpc) is 2.16. The first-order chi connectivity index (χ1) is 7.36. The average molecular weight is 235 g/mol. The van der Waals surface area contributed by atoms with E-state index in [1.165, 1.54) is 6.92 Å². The van der Waals surface area contributed by atoms with E-state index in [1.54, 1.807) is 0 Å². The van der Waals surface area contributed by atoms with Crippen LogP contribution in [0.25, 0.3) is 0 Å². The summed E-state index contributed by atoms with van der Waals surface area (Å²) in [4.78, 5) is 25.2. The molecule has 0 fully saturated rings. The highest BCUT2D eigenvalue weighted by atomic mass is 19.4. The molecule has 0 spiro atoms. The number of amides is 1. The number of carbonyl (C=O) groups excluding carboxylic acids is 2. The molecule has 0 bridgehead atoms. The minimum atomic E-state index is -4.63. The van der Waals surface area contributed by atoms with Gasteiger partial charge in [-0.3, -0.25) is 9.59 Å². The molecule has 0 saturated carbocycles. The van der Waals surface area contributed by atoms with Crippen molar-refractivity contribution in [2.24, 2.45) is 10.9 Å². The Hall–Kier alpha value is -1.66. The molecule has 0 N–H and O–H groups in total. The highest BCUT2D eigenvalue weighted by Crippen LogP contribution is 2.28. The molecule has 1 rings (SSSR count). The fourth-order valence-corrected chi connectivity index (χ4v) is 1.08. The van der Waals surface area contributed by atoms with Gasteiger partial charge in [-0.2, -0.15) is 13.2 Å². The minimum absolute atomic E-state index is 0.0124. The maximum atomic E-state index is 12.3. The van der Waals surface area contributed by atoms with Crippen molar-refractivity contribution in [2.75, 3.05) is 6.61 Å². The van der Waals surface area contributed by atoms with Gasteiger partial charge < -0.3 is 4.74 Å². The first-order valence-corrected chi connectivity index (χ1v) is 4.39. The third-order valence-corrected chi connectivity index (χ3v) is 1.81. The fourth-order valence-electron chi connectivity index (χ4n) is 1.08. The van der Waals surface area contributed by atoms with Crippen molar-refractivity contribution in [3.63, 3.8) is 0 Å². The molecule has 4 nitrogen and oxygen atoms in total. The highest BCUT2D eigenvalue weighted by molar-refractivity contribution is 6.07. The fraction of sp³-hybridized carbons (Fsp3) is 0.444. The summed E-state index contributed by atoms with van der Waals surface area (Å²) in [7, 11) is 0. The number of allylic oxidation sites excluding steroid dienone is 1. The second-order valence-electron chi connectivity index (χ2n) is 2.95. The molecular weight excluding hydrogens is 227 g/mol. The van der Waals surface area contributed by atoms with Crippen LogP contribution in [0.15, 0.2) is 16.6 Å². The Morgan fingerprint density at radius 3 is 2.69 bits per heavy atom. The van der Waals surface area contributed by atoms with Crippen molar-refractivity contribution in [1.82, 2.24) is 0 Å². The number of esters is 1. The summed E-state index contributed by atoms with van der Waals surface area (Å²) in [5.41, 5.74) is -1.12. The quantitative estimate of drug-likeness (QED) is 0.535. The lowest BCUT2D eigenvalue weighted by Gasteiger charge is -2.15. The molecule has 1 amide bonds. The van der Waals surface area contributed by atoms with Gasteiger partial charge in [-0.05, 0) is 13.0 Å². The van der Waals surface area contributed by atoms with Crippen molar-refractivity contribution in [2.45, 2.75) is 13.1 Å².